The maximum Gasteiger partial charge on any atom is 0.257 e. The average molecular weight is 405 g/mol. The van der Waals surface area contributed by atoms with Crippen molar-refractivity contribution in [2.45, 2.75) is 13.3 Å². The summed E-state index contributed by atoms with van der Waals surface area (Å²) in [6.07, 6.45) is 3.91. The molecule has 1 atom stereocenters. The molecule has 5 nitrogen and oxygen atoms in total. The second-order valence-electron chi connectivity index (χ2n) is 6.49. The lowest BCUT2D eigenvalue weighted by Gasteiger charge is -2.16. The molecule has 0 aliphatic heterocycles. The Morgan fingerprint density at radius 2 is 2.00 bits per heavy atom. The molecule has 0 saturated carbocycles. The van der Waals surface area contributed by atoms with Crippen LogP contribution in [0.3, 0.4) is 0 Å². The van der Waals surface area contributed by atoms with E-state index in [4.69, 9.17) is 9.47 Å². The van der Waals surface area contributed by atoms with Crippen molar-refractivity contribution in [3.63, 3.8) is 0 Å². The third-order valence-electron chi connectivity index (χ3n) is 4.27. The Kier molecular flexibility index (Phi) is 8.61. The average Bonchev–Trinajstić information content (AvgIpc) is 2.72. The lowest BCUT2D eigenvalue weighted by Crippen LogP contribution is -2.35. The number of halogens is 2. The fourth-order valence-corrected chi connectivity index (χ4v) is 2.76. The maximum atomic E-state index is 13.8. The van der Waals surface area contributed by atoms with Gasteiger partial charge in [-0.25, -0.2) is 8.78 Å². The van der Waals surface area contributed by atoms with Gasteiger partial charge in [0.25, 0.3) is 5.91 Å². The number of carbonyl (C=O) groups is 1. The number of hydrogen-bond donors (Lipinski definition) is 2. The minimum absolute atomic E-state index is 0.0987. The summed E-state index contributed by atoms with van der Waals surface area (Å²) >= 11 is 0. The van der Waals surface area contributed by atoms with E-state index in [0.29, 0.717) is 11.5 Å². The van der Waals surface area contributed by atoms with Gasteiger partial charge in [0.15, 0.2) is 18.1 Å². The highest BCUT2D eigenvalue weighted by Crippen LogP contribution is 2.28. The zero-order valence-corrected chi connectivity index (χ0v) is 16.5. The standard InChI is InChI=1S/C22H25F2NO4/c1-3-4-15-5-8-20(21(10-15)28-2)29-14-22(27)25-12-16(13-26)9-17-11-18(23)6-7-19(17)24/h3-8,10-11,16,26H,9,12-14H2,1-2H3,(H,25,27)/b4-3-/t16-/m0/s1. The molecule has 0 aliphatic rings. The molecule has 2 aromatic rings. The summed E-state index contributed by atoms with van der Waals surface area (Å²) in [5.41, 5.74) is 1.09. The molecular weight excluding hydrogens is 380 g/mol. The molecule has 0 radical (unpaired) electrons. The minimum atomic E-state index is -0.551. The molecule has 0 heterocycles. The molecule has 29 heavy (non-hydrogen) atoms. The lowest BCUT2D eigenvalue weighted by molar-refractivity contribution is -0.123. The number of methoxy groups -OCH3 is 1. The van der Waals surface area contributed by atoms with E-state index in [2.05, 4.69) is 5.32 Å². The number of amides is 1. The van der Waals surface area contributed by atoms with Gasteiger partial charge in [0.1, 0.15) is 11.6 Å². The number of aliphatic hydroxyl groups excluding tert-OH is 1. The molecule has 0 aliphatic carbocycles. The van der Waals surface area contributed by atoms with Crippen molar-refractivity contribution in [3.05, 3.63) is 65.2 Å². The smallest absolute Gasteiger partial charge is 0.257 e. The van der Waals surface area contributed by atoms with Crippen LogP contribution in [0.15, 0.2) is 42.5 Å². The van der Waals surface area contributed by atoms with Gasteiger partial charge in [-0.1, -0.05) is 18.2 Å². The van der Waals surface area contributed by atoms with Crippen LogP contribution in [-0.4, -0.2) is 37.9 Å². The van der Waals surface area contributed by atoms with Gasteiger partial charge in [-0.2, -0.15) is 0 Å². The Morgan fingerprint density at radius 3 is 2.69 bits per heavy atom. The number of benzene rings is 2. The first-order valence-corrected chi connectivity index (χ1v) is 9.21. The van der Waals surface area contributed by atoms with Crippen molar-refractivity contribution in [1.82, 2.24) is 5.32 Å². The van der Waals surface area contributed by atoms with E-state index in [1.807, 2.05) is 25.1 Å². The fraction of sp³-hybridized carbons (Fsp3) is 0.318. The van der Waals surface area contributed by atoms with Crippen LogP contribution < -0.4 is 14.8 Å². The number of allylic oxidation sites excluding steroid dienone is 1. The Balaban J connectivity index is 1.88. The number of hydrogen-bond acceptors (Lipinski definition) is 4. The predicted octanol–water partition coefficient (Wildman–Crippen LogP) is 3.35. The third kappa shape index (κ3) is 6.87. The van der Waals surface area contributed by atoms with Crippen molar-refractivity contribution < 1.29 is 28.2 Å². The highest BCUT2D eigenvalue weighted by atomic mass is 19.1. The molecule has 0 unspecified atom stereocenters. The quantitative estimate of drug-likeness (QED) is 0.636. The van der Waals surface area contributed by atoms with Gasteiger partial charge in [0.2, 0.25) is 0 Å². The summed E-state index contributed by atoms with van der Waals surface area (Å²) in [4.78, 5) is 12.1. The molecule has 0 bridgehead atoms. The number of rotatable bonds is 10. The number of nitrogens with one attached hydrogen (secondary N) is 1. The van der Waals surface area contributed by atoms with Crippen LogP contribution >= 0.6 is 0 Å². The zero-order valence-electron chi connectivity index (χ0n) is 16.5. The topological polar surface area (TPSA) is 67.8 Å². The molecule has 0 spiro atoms. The summed E-state index contributed by atoms with van der Waals surface area (Å²) in [6.45, 7) is 1.48. The zero-order chi connectivity index (χ0) is 21.2. The van der Waals surface area contributed by atoms with E-state index in [-0.39, 0.29) is 31.7 Å². The number of aliphatic hydroxyl groups is 1. The van der Waals surface area contributed by atoms with E-state index in [9.17, 15) is 18.7 Å². The van der Waals surface area contributed by atoms with Gasteiger partial charge in [0.05, 0.1) is 7.11 Å². The molecule has 0 fully saturated rings. The van der Waals surface area contributed by atoms with Crippen LogP contribution in [0.4, 0.5) is 8.78 Å². The van der Waals surface area contributed by atoms with E-state index in [1.165, 1.54) is 7.11 Å². The second kappa shape index (κ2) is 11.2. The summed E-state index contributed by atoms with van der Waals surface area (Å²) < 4.78 is 37.8. The molecule has 2 rings (SSSR count). The van der Waals surface area contributed by atoms with E-state index >= 15 is 0 Å². The normalized spacial score (nSPS) is 12.0. The summed E-state index contributed by atoms with van der Waals surface area (Å²) in [5.74, 6) is -1.02. The number of carbonyl (C=O) groups excluding carboxylic acids is 1. The van der Waals surface area contributed by atoms with Gasteiger partial charge in [-0.05, 0) is 54.8 Å². The van der Waals surface area contributed by atoms with Crippen LogP contribution in [0.1, 0.15) is 18.1 Å². The molecule has 156 valence electrons. The summed E-state index contributed by atoms with van der Waals surface area (Å²) in [5, 5.41) is 12.1. The van der Waals surface area contributed by atoms with Crippen LogP contribution in [0, 0.1) is 17.6 Å². The summed E-state index contributed by atoms with van der Waals surface area (Å²) in [6, 6.07) is 8.51. The van der Waals surface area contributed by atoms with Crippen LogP contribution in [0.25, 0.3) is 6.08 Å². The Morgan fingerprint density at radius 1 is 1.21 bits per heavy atom. The largest absolute Gasteiger partial charge is 0.493 e. The Bertz CT molecular complexity index is 855. The SMILES string of the molecule is C/C=C\c1ccc(OCC(=O)NC[C@@H](CO)Cc2cc(F)ccc2F)c(OC)c1. The van der Waals surface area contributed by atoms with Gasteiger partial charge < -0.3 is 19.9 Å². The first-order chi connectivity index (χ1) is 14.0. The van der Waals surface area contributed by atoms with Crippen LogP contribution in [0.2, 0.25) is 0 Å². The third-order valence-corrected chi connectivity index (χ3v) is 4.27. The molecule has 0 saturated heterocycles. The first-order valence-electron chi connectivity index (χ1n) is 9.21. The molecule has 0 aromatic heterocycles. The predicted molar refractivity (Wildman–Crippen MR) is 107 cm³/mol. The molecule has 2 aromatic carbocycles. The van der Waals surface area contributed by atoms with Crippen LogP contribution in [0.5, 0.6) is 11.5 Å². The van der Waals surface area contributed by atoms with Crippen molar-refractivity contribution in [2.24, 2.45) is 5.92 Å². The lowest BCUT2D eigenvalue weighted by atomic mass is 9.99. The van der Waals surface area contributed by atoms with Gasteiger partial charge in [0, 0.05) is 19.1 Å². The fourth-order valence-electron chi connectivity index (χ4n) is 2.76. The molecular formula is C22H25F2NO4. The Labute approximate surface area is 169 Å². The van der Waals surface area contributed by atoms with E-state index in [1.54, 1.807) is 12.1 Å². The van der Waals surface area contributed by atoms with Gasteiger partial charge >= 0.3 is 0 Å². The number of ether oxygens (including phenoxy) is 2. The van der Waals surface area contributed by atoms with Gasteiger partial charge in [-0.3, -0.25) is 4.79 Å². The minimum Gasteiger partial charge on any atom is -0.493 e. The van der Waals surface area contributed by atoms with E-state index in [0.717, 1.165) is 23.8 Å². The molecule has 7 heteroatoms. The van der Waals surface area contributed by atoms with Crippen LogP contribution in [-0.2, 0) is 11.2 Å². The van der Waals surface area contributed by atoms with Crippen molar-refractivity contribution in [2.75, 3.05) is 26.9 Å². The van der Waals surface area contributed by atoms with E-state index < -0.39 is 23.5 Å². The molecule has 2 N–H and O–H groups in total. The van der Waals surface area contributed by atoms with Crippen molar-refractivity contribution in [3.8, 4) is 11.5 Å². The highest BCUT2D eigenvalue weighted by molar-refractivity contribution is 5.77. The first kappa shape index (κ1) is 22.4. The highest BCUT2D eigenvalue weighted by Gasteiger charge is 2.15. The maximum absolute atomic E-state index is 13.8. The second-order valence-corrected chi connectivity index (χ2v) is 6.49. The van der Waals surface area contributed by atoms with Gasteiger partial charge in [-0.15, -0.1) is 0 Å². The Hall–Kier alpha value is -2.93. The monoisotopic (exact) mass is 405 g/mol. The van der Waals surface area contributed by atoms with Crippen molar-refractivity contribution >= 4 is 12.0 Å². The summed E-state index contributed by atoms with van der Waals surface area (Å²) in [7, 11) is 1.51. The van der Waals surface area contributed by atoms with Crippen molar-refractivity contribution in [1.29, 1.82) is 0 Å². The molecule has 1 amide bonds.